The van der Waals surface area contributed by atoms with Gasteiger partial charge in [-0.3, -0.25) is 14.3 Å². The number of imide groups is 1. The van der Waals surface area contributed by atoms with E-state index in [1.807, 2.05) is 48.9 Å². The van der Waals surface area contributed by atoms with Gasteiger partial charge in [-0.1, -0.05) is 60.1 Å². The van der Waals surface area contributed by atoms with Crippen molar-refractivity contribution in [2.75, 3.05) is 4.90 Å². The number of rotatable bonds is 2. The smallest absolute Gasteiger partial charge is 0.263 e. The predicted molar refractivity (Wildman–Crippen MR) is 134 cm³/mol. The summed E-state index contributed by atoms with van der Waals surface area (Å²) in [4.78, 5) is 30.5. The Labute approximate surface area is 207 Å². The number of anilines is 1. The molecule has 2 unspecified atom stereocenters. The van der Waals surface area contributed by atoms with Crippen molar-refractivity contribution in [3.8, 4) is 0 Å². The largest absolute Gasteiger partial charge is 0.274 e. The fourth-order valence-electron chi connectivity index (χ4n) is 6.90. The van der Waals surface area contributed by atoms with Gasteiger partial charge in [-0.2, -0.15) is 5.10 Å². The maximum absolute atomic E-state index is 14.7. The Bertz CT molecular complexity index is 1510. The molecule has 2 bridgehead atoms. The monoisotopic (exact) mass is 479 g/mol. The van der Waals surface area contributed by atoms with Crippen LogP contribution in [0.4, 0.5) is 5.69 Å². The molecule has 3 aliphatic carbocycles. The van der Waals surface area contributed by atoms with Crippen LogP contribution in [0.5, 0.6) is 0 Å². The molecule has 0 saturated carbocycles. The molecule has 5 nitrogen and oxygen atoms in total. The van der Waals surface area contributed by atoms with Gasteiger partial charge in [0.25, 0.3) is 5.91 Å². The van der Waals surface area contributed by atoms with E-state index in [1.54, 1.807) is 24.3 Å². The first-order valence-electron chi connectivity index (χ1n) is 11.8. The zero-order valence-electron chi connectivity index (χ0n) is 19.3. The van der Waals surface area contributed by atoms with Gasteiger partial charge in [0.15, 0.2) is 5.54 Å². The van der Waals surface area contributed by atoms with E-state index in [1.165, 1.54) is 4.90 Å². The summed E-state index contributed by atoms with van der Waals surface area (Å²) in [6.07, 6.45) is 0. The van der Waals surface area contributed by atoms with E-state index in [-0.39, 0.29) is 23.7 Å². The van der Waals surface area contributed by atoms with Crippen LogP contribution in [0, 0.1) is 19.8 Å². The predicted octanol–water partition coefficient (Wildman–Crippen LogP) is 5.33. The minimum atomic E-state index is -1.19. The minimum absolute atomic E-state index is 0.191. The van der Waals surface area contributed by atoms with Gasteiger partial charge < -0.3 is 0 Å². The molecule has 0 radical (unpaired) electrons. The molecule has 35 heavy (non-hydrogen) atoms. The highest BCUT2D eigenvalue weighted by Gasteiger charge is 2.73. The Morgan fingerprint density at radius 2 is 1.40 bits per heavy atom. The van der Waals surface area contributed by atoms with Crippen LogP contribution in [0.2, 0.25) is 5.02 Å². The maximum atomic E-state index is 14.7. The number of hydrogen-bond donors (Lipinski definition) is 0. The van der Waals surface area contributed by atoms with Crippen LogP contribution in [0.25, 0.3) is 0 Å². The molecule has 8 rings (SSSR count). The highest BCUT2D eigenvalue weighted by molar-refractivity contribution is 6.31. The number of nitrogens with zero attached hydrogens (tertiary/aromatic N) is 3. The summed E-state index contributed by atoms with van der Waals surface area (Å²) in [5, 5.41) is 5.41. The lowest BCUT2D eigenvalue weighted by atomic mass is 9.51. The summed E-state index contributed by atoms with van der Waals surface area (Å²) < 4.78 is 1.85. The fourth-order valence-corrected chi connectivity index (χ4v) is 7.03. The van der Waals surface area contributed by atoms with Crippen molar-refractivity contribution in [3.63, 3.8) is 0 Å². The van der Waals surface area contributed by atoms with E-state index in [0.717, 1.165) is 33.6 Å². The third kappa shape index (κ3) is 2.41. The summed E-state index contributed by atoms with van der Waals surface area (Å²) in [7, 11) is 0. The average Bonchev–Trinajstić information content (AvgIpc) is 3.33. The second kappa shape index (κ2) is 6.92. The minimum Gasteiger partial charge on any atom is -0.274 e. The molecule has 6 heteroatoms. The Morgan fingerprint density at radius 1 is 0.829 bits per heavy atom. The van der Waals surface area contributed by atoms with E-state index < -0.39 is 11.5 Å². The van der Waals surface area contributed by atoms with Crippen LogP contribution in [0.1, 0.15) is 45.5 Å². The van der Waals surface area contributed by atoms with Crippen LogP contribution >= 0.6 is 11.6 Å². The summed E-state index contributed by atoms with van der Waals surface area (Å²) in [5.41, 5.74) is 5.47. The van der Waals surface area contributed by atoms with Gasteiger partial charge in [0.2, 0.25) is 5.91 Å². The van der Waals surface area contributed by atoms with Crippen molar-refractivity contribution >= 4 is 29.1 Å². The number of hydrogen-bond acceptors (Lipinski definition) is 3. The zero-order valence-corrected chi connectivity index (χ0v) is 20.0. The van der Waals surface area contributed by atoms with Crippen molar-refractivity contribution in [3.05, 3.63) is 118 Å². The summed E-state index contributed by atoms with van der Waals surface area (Å²) >= 11 is 6.14. The third-order valence-corrected chi connectivity index (χ3v) is 8.26. The SMILES string of the molecule is Cc1cc(C)n(C23C(=O)N(c4ccc(Cl)cc4)C(=O)C2C2c4ccccc4C3c3ccccc32)n1. The Hall–Kier alpha value is -3.70. The fraction of sp³-hybridized carbons (Fsp3) is 0.207. The number of benzene rings is 3. The molecule has 1 fully saturated rings. The standard InChI is InChI=1S/C29H22ClN3O2/c1-16-15-17(2)33(31-16)29-25-22-9-5-3-7-20(22)24(21-8-4-6-10-23(21)25)26(29)27(34)32(28(29)35)19-13-11-18(30)12-14-19/h3-15,24-26H,1-2H3. The van der Waals surface area contributed by atoms with Gasteiger partial charge in [-0.25, -0.2) is 4.90 Å². The molecule has 4 aromatic rings. The van der Waals surface area contributed by atoms with E-state index in [4.69, 9.17) is 16.7 Å². The first kappa shape index (κ1) is 20.7. The van der Waals surface area contributed by atoms with Crippen LogP contribution < -0.4 is 4.90 Å². The van der Waals surface area contributed by atoms with Gasteiger partial charge >= 0.3 is 0 Å². The Kier molecular flexibility index (Phi) is 4.09. The quantitative estimate of drug-likeness (QED) is 0.365. The van der Waals surface area contributed by atoms with Gasteiger partial charge in [-0.15, -0.1) is 0 Å². The number of carbonyl (C=O) groups is 2. The number of aryl methyl sites for hydroxylation is 2. The zero-order chi connectivity index (χ0) is 24.1. The van der Waals surface area contributed by atoms with Crippen LogP contribution in [-0.2, 0) is 15.1 Å². The summed E-state index contributed by atoms with van der Waals surface area (Å²) in [6.45, 7) is 3.89. The molecule has 0 N–H and O–H groups in total. The van der Waals surface area contributed by atoms with Crippen molar-refractivity contribution in [2.24, 2.45) is 5.92 Å². The third-order valence-electron chi connectivity index (χ3n) is 8.01. The molecule has 2 amide bonds. The highest BCUT2D eigenvalue weighted by atomic mass is 35.5. The normalized spacial score (nSPS) is 26.0. The molecule has 1 aromatic heterocycles. The van der Waals surface area contributed by atoms with Gasteiger partial charge in [-0.05, 0) is 66.4 Å². The average molecular weight is 480 g/mol. The molecule has 4 aliphatic rings. The lowest BCUT2D eigenvalue weighted by Crippen LogP contribution is -2.58. The van der Waals surface area contributed by atoms with Crippen molar-refractivity contribution in [1.82, 2.24) is 9.78 Å². The second-order valence-corrected chi connectivity index (χ2v) is 10.2. The molecule has 172 valence electrons. The van der Waals surface area contributed by atoms with Crippen molar-refractivity contribution in [2.45, 2.75) is 31.2 Å². The van der Waals surface area contributed by atoms with Gasteiger partial charge in [0.05, 0.1) is 17.3 Å². The molecule has 3 aromatic carbocycles. The first-order valence-corrected chi connectivity index (χ1v) is 12.2. The molecular weight excluding hydrogens is 458 g/mol. The Morgan fingerprint density at radius 3 is 1.94 bits per heavy atom. The van der Waals surface area contributed by atoms with E-state index in [0.29, 0.717) is 10.7 Å². The van der Waals surface area contributed by atoms with E-state index >= 15 is 0 Å². The van der Waals surface area contributed by atoms with Crippen molar-refractivity contribution in [1.29, 1.82) is 0 Å². The number of aromatic nitrogens is 2. The molecule has 2 atom stereocenters. The number of halogens is 1. The number of amides is 2. The lowest BCUT2D eigenvalue weighted by molar-refractivity contribution is -0.129. The molecular formula is C29H22ClN3O2. The second-order valence-electron chi connectivity index (χ2n) is 9.77. The highest BCUT2D eigenvalue weighted by Crippen LogP contribution is 2.66. The molecule has 1 aliphatic heterocycles. The van der Waals surface area contributed by atoms with Gasteiger partial charge in [0.1, 0.15) is 0 Å². The van der Waals surface area contributed by atoms with E-state index in [2.05, 4.69) is 24.3 Å². The van der Waals surface area contributed by atoms with Crippen LogP contribution in [0.3, 0.4) is 0 Å². The van der Waals surface area contributed by atoms with Gasteiger partial charge in [0, 0.05) is 22.6 Å². The van der Waals surface area contributed by atoms with Crippen LogP contribution in [0.15, 0.2) is 78.9 Å². The Balaban J connectivity index is 1.60. The molecule has 0 spiro atoms. The summed E-state index contributed by atoms with van der Waals surface area (Å²) in [5.74, 6) is -1.62. The first-order chi connectivity index (χ1) is 16.9. The molecule has 1 saturated heterocycles. The van der Waals surface area contributed by atoms with Crippen LogP contribution in [-0.4, -0.2) is 21.6 Å². The summed E-state index contributed by atoms with van der Waals surface area (Å²) in [6, 6.07) is 25.4. The topological polar surface area (TPSA) is 55.2 Å². The molecule has 2 heterocycles. The maximum Gasteiger partial charge on any atom is 0.263 e. The number of carbonyl (C=O) groups excluding carboxylic acids is 2. The van der Waals surface area contributed by atoms with E-state index in [9.17, 15) is 9.59 Å². The lowest BCUT2D eigenvalue weighted by Gasteiger charge is -2.53. The van der Waals surface area contributed by atoms with Crippen molar-refractivity contribution < 1.29 is 9.59 Å².